The highest BCUT2D eigenvalue weighted by Crippen LogP contribution is 2.30. The van der Waals surface area contributed by atoms with E-state index in [0.29, 0.717) is 24.6 Å². The molecule has 0 aromatic carbocycles. The maximum Gasteiger partial charge on any atom is 0.227 e. The zero-order valence-electron chi connectivity index (χ0n) is 12.8. The van der Waals surface area contributed by atoms with Crippen LogP contribution in [0.25, 0.3) is 11.4 Å². The van der Waals surface area contributed by atoms with Gasteiger partial charge in [-0.05, 0) is 29.9 Å². The number of nitriles is 1. The molecule has 0 saturated heterocycles. The van der Waals surface area contributed by atoms with Crippen LogP contribution in [-0.2, 0) is 12.8 Å². The van der Waals surface area contributed by atoms with Crippen LogP contribution in [0.5, 0.6) is 0 Å². The quantitative estimate of drug-likeness (QED) is 0.810. The second-order valence-electron chi connectivity index (χ2n) is 5.57. The van der Waals surface area contributed by atoms with Crippen LogP contribution < -0.4 is 0 Å². The Morgan fingerprint density at radius 3 is 2.86 bits per heavy atom. The van der Waals surface area contributed by atoms with Gasteiger partial charge in [-0.3, -0.25) is 4.98 Å². The fourth-order valence-electron chi connectivity index (χ4n) is 2.23. The molecule has 5 heteroatoms. The molecular weight excluding hydrogens is 264 g/mol. The van der Waals surface area contributed by atoms with Crippen LogP contribution in [0.4, 0.5) is 0 Å². The van der Waals surface area contributed by atoms with Crippen molar-refractivity contribution in [3.63, 3.8) is 0 Å². The summed E-state index contributed by atoms with van der Waals surface area (Å²) in [5.41, 5.74) is 1.94. The van der Waals surface area contributed by atoms with Crippen LogP contribution in [0.2, 0.25) is 0 Å². The first-order chi connectivity index (χ1) is 10.1. The minimum Gasteiger partial charge on any atom is -0.339 e. The van der Waals surface area contributed by atoms with Crippen molar-refractivity contribution in [2.75, 3.05) is 0 Å². The number of hydrogen-bond acceptors (Lipinski definition) is 5. The van der Waals surface area contributed by atoms with E-state index in [4.69, 9.17) is 9.78 Å². The Bertz CT molecular complexity index is 644. The van der Waals surface area contributed by atoms with E-state index in [1.54, 1.807) is 6.20 Å². The average molecular weight is 284 g/mol. The zero-order valence-corrected chi connectivity index (χ0v) is 12.8. The molecule has 2 rings (SSSR count). The van der Waals surface area contributed by atoms with E-state index in [9.17, 15) is 0 Å². The summed E-state index contributed by atoms with van der Waals surface area (Å²) >= 11 is 0. The SMILES string of the molecule is CCc1cnccc1-c1noc(CC(C)(CC)CC#N)n1. The van der Waals surface area contributed by atoms with Gasteiger partial charge in [-0.15, -0.1) is 0 Å². The predicted molar refractivity (Wildman–Crippen MR) is 79.2 cm³/mol. The first kappa shape index (κ1) is 15.2. The lowest BCUT2D eigenvalue weighted by molar-refractivity contribution is 0.266. The average Bonchev–Trinajstić information content (AvgIpc) is 2.95. The Hall–Kier alpha value is -2.22. The van der Waals surface area contributed by atoms with Crippen molar-refractivity contribution in [2.45, 2.75) is 46.5 Å². The molecule has 0 amide bonds. The van der Waals surface area contributed by atoms with Crippen LogP contribution in [-0.4, -0.2) is 15.1 Å². The van der Waals surface area contributed by atoms with Crippen LogP contribution >= 0.6 is 0 Å². The predicted octanol–water partition coefficient (Wildman–Crippen LogP) is 3.57. The first-order valence-corrected chi connectivity index (χ1v) is 7.24. The number of rotatable bonds is 6. The molecule has 0 aliphatic carbocycles. The van der Waals surface area contributed by atoms with E-state index in [0.717, 1.165) is 24.0 Å². The van der Waals surface area contributed by atoms with Crippen molar-refractivity contribution in [1.29, 1.82) is 5.26 Å². The molecular formula is C16H20N4O. The van der Waals surface area contributed by atoms with Gasteiger partial charge >= 0.3 is 0 Å². The van der Waals surface area contributed by atoms with Crippen molar-refractivity contribution in [3.8, 4) is 17.5 Å². The fourth-order valence-corrected chi connectivity index (χ4v) is 2.23. The van der Waals surface area contributed by atoms with Crippen LogP contribution in [0.3, 0.4) is 0 Å². The van der Waals surface area contributed by atoms with Gasteiger partial charge in [0.25, 0.3) is 0 Å². The Kier molecular flexibility index (Phi) is 4.69. The van der Waals surface area contributed by atoms with Gasteiger partial charge in [0.2, 0.25) is 11.7 Å². The lowest BCUT2D eigenvalue weighted by Crippen LogP contribution is -2.18. The maximum atomic E-state index is 8.94. The number of nitrogens with zero attached hydrogens (tertiary/aromatic N) is 4. The number of aromatic nitrogens is 3. The molecule has 0 spiro atoms. The smallest absolute Gasteiger partial charge is 0.227 e. The zero-order chi connectivity index (χ0) is 15.3. The summed E-state index contributed by atoms with van der Waals surface area (Å²) in [5, 5.41) is 13.0. The van der Waals surface area contributed by atoms with E-state index < -0.39 is 0 Å². The Morgan fingerprint density at radius 1 is 1.38 bits per heavy atom. The Labute approximate surface area is 125 Å². The molecule has 2 aromatic rings. The molecule has 21 heavy (non-hydrogen) atoms. The van der Waals surface area contributed by atoms with Gasteiger partial charge in [-0.25, -0.2) is 0 Å². The first-order valence-electron chi connectivity index (χ1n) is 7.24. The number of aryl methyl sites for hydroxylation is 1. The van der Waals surface area contributed by atoms with E-state index in [2.05, 4.69) is 42.0 Å². The van der Waals surface area contributed by atoms with Crippen molar-refractivity contribution < 1.29 is 4.52 Å². The third kappa shape index (κ3) is 3.46. The molecule has 2 aromatic heterocycles. The molecule has 0 bridgehead atoms. The Morgan fingerprint density at radius 2 is 2.19 bits per heavy atom. The summed E-state index contributed by atoms with van der Waals surface area (Å²) in [6, 6.07) is 4.14. The minimum atomic E-state index is -0.121. The van der Waals surface area contributed by atoms with Crippen molar-refractivity contribution in [2.24, 2.45) is 5.41 Å². The van der Waals surface area contributed by atoms with E-state index in [-0.39, 0.29) is 5.41 Å². The van der Waals surface area contributed by atoms with Gasteiger partial charge in [0.05, 0.1) is 6.07 Å². The largest absolute Gasteiger partial charge is 0.339 e. The Balaban J connectivity index is 2.24. The van der Waals surface area contributed by atoms with Crippen LogP contribution in [0.1, 0.15) is 45.1 Å². The number of hydrogen-bond donors (Lipinski definition) is 0. The maximum absolute atomic E-state index is 8.94. The van der Waals surface area contributed by atoms with E-state index in [1.807, 2.05) is 12.3 Å². The second-order valence-corrected chi connectivity index (χ2v) is 5.57. The van der Waals surface area contributed by atoms with Gasteiger partial charge in [-0.2, -0.15) is 10.2 Å². The molecule has 0 radical (unpaired) electrons. The molecule has 1 atom stereocenters. The fraction of sp³-hybridized carbons (Fsp3) is 0.500. The molecule has 1 unspecified atom stereocenters. The summed E-state index contributed by atoms with van der Waals surface area (Å²) < 4.78 is 5.37. The minimum absolute atomic E-state index is 0.121. The van der Waals surface area contributed by atoms with E-state index in [1.165, 1.54) is 0 Å². The highest BCUT2D eigenvalue weighted by atomic mass is 16.5. The molecule has 0 aliphatic heterocycles. The van der Waals surface area contributed by atoms with Gasteiger partial charge in [-0.1, -0.05) is 25.9 Å². The van der Waals surface area contributed by atoms with Gasteiger partial charge < -0.3 is 4.52 Å². The van der Waals surface area contributed by atoms with Crippen LogP contribution in [0.15, 0.2) is 23.0 Å². The lowest BCUT2D eigenvalue weighted by atomic mass is 9.81. The highest BCUT2D eigenvalue weighted by molar-refractivity contribution is 5.58. The van der Waals surface area contributed by atoms with Crippen LogP contribution in [0, 0.1) is 16.7 Å². The van der Waals surface area contributed by atoms with Crippen molar-refractivity contribution >= 4 is 0 Å². The monoisotopic (exact) mass is 284 g/mol. The summed E-state index contributed by atoms with van der Waals surface area (Å²) in [4.78, 5) is 8.61. The molecule has 5 nitrogen and oxygen atoms in total. The number of pyridine rings is 1. The summed E-state index contributed by atoms with van der Waals surface area (Å²) in [6.45, 7) is 6.22. The third-order valence-corrected chi connectivity index (χ3v) is 3.93. The van der Waals surface area contributed by atoms with Gasteiger partial charge in [0.15, 0.2) is 0 Å². The molecule has 0 aliphatic rings. The van der Waals surface area contributed by atoms with Gasteiger partial charge in [0, 0.05) is 30.8 Å². The van der Waals surface area contributed by atoms with Crippen molar-refractivity contribution in [1.82, 2.24) is 15.1 Å². The highest BCUT2D eigenvalue weighted by Gasteiger charge is 2.26. The summed E-state index contributed by atoms with van der Waals surface area (Å²) in [5.74, 6) is 1.18. The topological polar surface area (TPSA) is 75.6 Å². The molecule has 0 saturated carbocycles. The molecule has 0 fully saturated rings. The molecule has 0 N–H and O–H groups in total. The molecule has 110 valence electrons. The van der Waals surface area contributed by atoms with E-state index >= 15 is 0 Å². The normalized spacial score (nSPS) is 13.6. The molecule has 2 heterocycles. The lowest BCUT2D eigenvalue weighted by Gasteiger charge is -2.22. The van der Waals surface area contributed by atoms with Gasteiger partial charge in [0.1, 0.15) is 0 Å². The summed E-state index contributed by atoms with van der Waals surface area (Å²) in [6.07, 6.45) is 6.43. The second kappa shape index (κ2) is 6.49. The van der Waals surface area contributed by atoms with Crippen molar-refractivity contribution in [3.05, 3.63) is 29.9 Å². The third-order valence-electron chi connectivity index (χ3n) is 3.93. The summed E-state index contributed by atoms with van der Waals surface area (Å²) in [7, 11) is 0. The standard InChI is InChI=1S/C16H20N4O/c1-4-12-11-18-9-6-13(12)15-19-14(21-20-15)10-16(3,5-2)7-8-17/h6,9,11H,4-5,7,10H2,1-3H3.